The Kier molecular flexibility index (Phi) is 8.47. The van der Waals surface area contributed by atoms with Gasteiger partial charge in [0.2, 0.25) is 0 Å². The van der Waals surface area contributed by atoms with Gasteiger partial charge in [0.1, 0.15) is 6.10 Å². The molecule has 0 radical (unpaired) electrons. The molecule has 1 saturated heterocycles. The summed E-state index contributed by atoms with van der Waals surface area (Å²) in [7, 11) is 1.73. The van der Waals surface area contributed by atoms with E-state index < -0.39 is 0 Å². The van der Waals surface area contributed by atoms with Gasteiger partial charge in [-0.3, -0.25) is 9.89 Å². The van der Waals surface area contributed by atoms with Gasteiger partial charge in [0.15, 0.2) is 17.5 Å². The number of guanidine groups is 1. The van der Waals surface area contributed by atoms with Gasteiger partial charge in [-0.15, -0.1) is 0 Å². The molecule has 162 valence electrons. The van der Waals surface area contributed by atoms with Crippen molar-refractivity contribution < 1.29 is 13.9 Å². The third-order valence-electron chi connectivity index (χ3n) is 4.94. The number of hydrogen-bond acceptors (Lipinski definition) is 4. The number of rotatable bonds is 8. The first-order chi connectivity index (χ1) is 14.6. The molecule has 0 aromatic heterocycles. The zero-order valence-electron chi connectivity index (χ0n) is 17.7. The molecule has 0 spiro atoms. The third-order valence-corrected chi connectivity index (χ3v) is 4.94. The fraction of sp³-hybridized carbons (Fsp3) is 0.435. The van der Waals surface area contributed by atoms with Crippen LogP contribution in [0.4, 0.5) is 4.39 Å². The highest BCUT2D eigenvalue weighted by Crippen LogP contribution is 2.16. The molecular weight excluding hydrogens is 383 g/mol. The number of ether oxygens (including phenoxy) is 2. The maximum Gasteiger partial charge on any atom is 0.191 e. The van der Waals surface area contributed by atoms with E-state index in [1.54, 1.807) is 25.2 Å². The van der Waals surface area contributed by atoms with E-state index in [0.29, 0.717) is 19.0 Å². The Morgan fingerprint density at radius 2 is 1.80 bits per heavy atom. The lowest BCUT2D eigenvalue weighted by Gasteiger charge is -2.26. The van der Waals surface area contributed by atoms with Gasteiger partial charge in [-0.05, 0) is 30.2 Å². The number of nitrogens with one attached hydrogen (secondary N) is 2. The van der Waals surface area contributed by atoms with Gasteiger partial charge in [-0.25, -0.2) is 4.39 Å². The van der Waals surface area contributed by atoms with E-state index >= 15 is 0 Å². The Morgan fingerprint density at radius 1 is 1.10 bits per heavy atom. The fourth-order valence-corrected chi connectivity index (χ4v) is 3.23. The quantitative estimate of drug-likeness (QED) is 0.514. The van der Waals surface area contributed by atoms with Gasteiger partial charge in [0.05, 0.1) is 19.8 Å². The zero-order chi connectivity index (χ0) is 21.2. The van der Waals surface area contributed by atoms with Crippen LogP contribution in [0.3, 0.4) is 0 Å². The summed E-state index contributed by atoms with van der Waals surface area (Å²) in [5.74, 6) is 0.576. The summed E-state index contributed by atoms with van der Waals surface area (Å²) >= 11 is 0. The van der Waals surface area contributed by atoms with Crippen molar-refractivity contribution in [3.63, 3.8) is 0 Å². The van der Waals surface area contributed by atoms with Gasteiger partial charge in [-0.1, -0.05) is 36.4 Å². The van der Waals surface area contributed by atoms with E-state index in [9.17, 15) is 4.39 Å². The second kappa shape index (κ2) is 11.5. The minimum Gasteiger partial charge on any atom is -0.486 e. The molecule has 0 saturated carbocycles. The first-order valence-corrected chi connectivity index (χ1v) is 10.4. The molecule has 1 aliphatic heterocycles. The van der Waals surface area contributed by atoms with Crippen LogP contribution in [0.1, 0.15) is 18.1 Å². The summed E-state index contributed by atoms with van der Waals surface area (Å²) in [5, 5.41) is 6.52. The summed E-state index contributed by atoms with van der Waals surface area (Å²) in [5.41, 5.74) is 2.49. The molecule has 6 nitrogen and oxygen atoms in total. The lowest BCUT2D eigenvalue weighted by molar-refractivity contribution is 0.0342. The SMILES string of the molecule is CN=C(NCc1ccc(CN2CCOCC2)cc1)NCC(C)Oc1ccccc1F. The lowest BCUT2D eigenvalue weighted by atomic mass is 10.1. The Bertz CT molecular complexity index is 807. The normalized spacial score (nSPS) is 16.2. The van der Waals surface area contributed by atoms with Crippen LogP contribution in [0.25, 0.3) is 0 Å². The molecule has 0 aliphatic carbocycles. The Labute approximate surface area is 178 Å². The molecule has 1 atom stereocenters. The molecule has 2 aromatic carbocycles. The summed E-state index contributed by atoms with van der Waals surface area (Å²) in [6.45, 7) is 7.64. The van der Waals surface area contributed by atoms with Crippen LogP contribution in [-0.2, 0) is 17.8 Å². The van der Waals surface area contributed by atoms with E-state index in [-0.39, 0.29) is 17.7 Å². The van der Waals surface area contributed by atoms with Crippen LogP contribution in [-0.4, -0.2) is 56.9 Å². The average molecular weight is 415 g/mol. The maximum atomic E-state index is 13.7. The van der Waals surface area contributed by atoms with Gasteiger partial charge in [0.25, 0.3) is 0 Å². The zero-order valence-corrected chi connectivity index (χ0v) is 17.7. The van der Waals surface area contributed by atoms with Gasteiger partial charge in [0, 0.05) is 33.2 Å². The van der Waals surface area contributed by atoms with Crippen LogP contribution < -0.4 is 15.4 Å². The Morgan fingerprint density at radius 3 is 2.50 bits per heavy atom. The lowest BCUT2D eigenvalue weighted by Crippen LogP contribution is -2.41. The maximum absolute atomic E-state index is 13.7. The number of nitrogens with zero attached hydrogens (tertiary/aromatic N) is 2. The van der Waals surface area contributed by atoms with Crippen LogP contribution in [0.5, 0.6) is 5.75 Å². The summed E-state index contributed by atoms with van der Waals surface area (Å²) < 4.78 is 24.7. The summed E-state index contributed by atoms with van der Waals surface area (Å²) in [6.07, 6.45) is -0.208. The van der Waals surface area contributed by atoms with Crippen molar-refractivity contribution in [2.24, 2.45) is 4.99 Å². The van der Waals surface area contributed by atoms with E-state index in [2.05, 4.69) is 44.8 Å². The average Bonchev–Trinajstić information content (AvgIpc) is 2.77. The number of morpholine rings is 1. The van der Waals surface area contributed by atoms with Crippen LogP contribution >= 0.6 is 0 Å². The second-order valence-electron chi connectivity index (χ2n) is 7.37. The third kappa shape index (κ3) is 7.00. The van der Waals surface area contributed by atoms with Gasteiger partial charge < -0.3 is 20.1 Å². The van der Waals surface area contributed by atoms with Crippen molar-refractivity contribution in [1.82, 2.24) is 15.5 Å². The number of halogens is 1. The van der Waals surface area contributed by atoms with Crippen LogP contribution in [0, 0.1) is 5.82 Å². The Hall–Kier alpha value is -2.64. The summed E-state index contributed by atoms with van der Waals surface area (Å²) in [6, 6.07) is 15.0. The molecule has 1 unspecified atom stereocenters. The smallest absolute Gasteiger partial charge is 0.191 e. The number of para-hydroxylation sites is 1. The monoisotopic (exact) mass is 414 g/mol. The van der Waals surface area contributed by atoms with Crippen molar-refractivity contribution in [2.75, 3.05) is 39.9 Å². The molecule has 2 aromatic rings. The first kappa shape index (κ1) is 22.1. The number of aliphatic imine (C=N–C) groups is 1. The van der Waals surface area contributed by atoms with Crippen LogP contribution in [0.15, 0.2) is 53.5 Å². The highest BCUT2D eigenvalue weighted by Gasteiger charge is 2.11. The molecule has 0 amide bonds. The minimum absolute atomic E-state index is 0.208. The molecule has 7 heteroatoms. The Balaban J connectivity index is 1.40. The topological polar surface area (TPSA) is 58.1 Å². The second-order valence-corrected chi connectivity index (χ2v) is 7.37. The van der Waals surface area contributed by atoms with Crippen LogP contribution in [0.2, 0.25) is 0 Å². The highest BCUT2D eigenvalue weighted by atomic mass is 19.1. The van der Waals surface area contributed by atoms with E-state index in [0.717, 1.165) is 32.8 Å². The largest absolute Gasteiger partial charge is 0.486 e. The van der Waals surface area contributed by atoms with E-state index in [1.807, 2.05) is 6.92 Å². The van der Waals surface area contributed by atoms with Crippen molar-refractivity contribution >= 4 is 5.96 Å². The predicted octanol–water partition coefficient (Wildman–Crippen LogP) is 2.79. The molecule has 30 heavy (non-hydrogen) atoms. The van der Waals surface area contributed by atoms with E-state index in [1.165, 1.54) is 17.2 Å². The van der Waals surface area contributed by atoms with Crippen molar-refractivity contribution in [3.8, 4) is 5.75 Å². The first-order valence-electron chi connectivity index (χ1n) is 10.4. The molecule has 1 fully saturated rings. The molecule has 2 N–H and O–H groups in total. The molecular formula is C23H31FN4O2. The van der Waals surface area contributed by atoms with E-state index in [4.69, 9.17) is 9.47 Å². The van der Waals surface area contributed by atoms with Crippen molar-refractivity contribution in [3.05, 3.63) is 65.5 Å². The molecule has 3 rings (SSSR count). The number of benzene rings is 2. The fourth-order valence-electron chi connectivity index (χ4n) is 3.23. The highest BCUT2D eigenvalue weighted by molar-refractivity contribution is 5.79. The van der Waals surface area contributed by atoms with Gasteiger partial charge >= 0.3 is 0 Å². The summed E-state index contributed by atoms with van der Waals surface area (Å²) in [4.78, 5) is 6.65. The minimum atomic E-state index is -0.357. The molecule has 1 aliphatic rings. The van der Waals surface area contributed by atoms with Gasteiger partial charge in [-0.2, -0.15) is 0 Å². The number of hydrogen-bond donors (Lipinski definition) is 2. The van der Waals surface area contributed by atoms with Crippen molar-refractivity contribution in [2.45, 2.75) is 26.1 Å². The predicted molar refractivity (Wildman–Crippen MR) is 117 cm³/mol. The molecule has 0 bridgehead atoms. The van der Waals surface area contributed by atoms with Crippen molar-refractivity contribution in [1.29, 1.82) is 0 Å². The molecule has 1 heterocycles. The standard InChI is InChI=1S/C23H31FN4O2/c1-18(30-22-6-4-3-5-21(22)24)15-26-23(25-2)27-16-19-7-9-20(10-8-19)17-28-11-13-29-14-12-28/h3-10,18H,11-17H2,1-2H3,(H2,25,26,27).